The molecule has 0 unspecified atom stereocenters. The van der Waals surface area contributed by atoms with Gasteiger partial charge in [0.1, 0.15) is 12.4 Å². The first-order valence-corrected chi connectivity index (χ1v) is 7.63. The number of carbonyl (C=O) groups excluding carboxylic acids is 2. The molecule has 0 saturated carbocycles. The van der Waals surface area contributed by atoms with Crippen molar-refractivity contribution in [2.24, 2.45) is 0 Å². The molecule has 0 aromatic heterocycles. The zero-order valence-electron chi connectivity index (χ0n) is 12.6. The molecule has 2 rings (SSSR count). The Morgan fingerprint density at radius 1 is 1.04 bits per heavy atom. The summed E-state index contributed by atoms with van der Waals surface area (Å²) in [7, 11) is 1.45. The lowest BCUT2D eigenvalue weighted by Gasteiger charge is -2.17. The Morgan fingerprint density at radius 3 is 2.42 bits per heavy atom. The first kappa shape index (κ1) is 18.0. The van der Waals surface area contributed by atoms with Crippen LogP contribution < -0.4 is 10.6 Å². The number of carbonyl (C=O) groups is 2. The highest BCUT2D eigenvalue weighted by Crippen LogP contribution is 2.24. The molecule has 0 aliphatic carbocycles. The highest BCUT2D eigenvalue weighted by atomic mass is 35.5. The van der Waals surface area contributed by atoms with Gasteiger partial charge in [-0.15, -0.1) is 0 Å². The highest BCUT2D eigenvalue weighted by molar-refractivity contribution is 6.42. The number of benzene rings is 2. The molecular formula is C16H14Cl2FN3O2. The van der Waals surface area contributed by atoms with Crippen LogP contribution in [0, 0.1) is 5.82 Å². The van der Waals surface area contributed by atoms with Gasteiger partial charge in [0.15, 0.2) is 0 Å². The number of nitrogens with zero attached hydrogens (tertiary/aromatic N) is 1. The van der Waals surface area contributed by atoms with Crippen molar-refractivity contribution >= 4 is 46.5 Å². The molecule has 126 valence electrons. The van der Waals surface area contributed by atoms with E-state index in [0.29, 0.717) is 21.4 Å². The Hall–Kier alpha value is -2.31. The normalized spacial score (nSPS) is 10.2. The molecule has 0 bridgehead atoms. The second-order valence-corrected chi connectivity index (χ2v) is 5.79. The molecule has 3 amide bonds. The maximum absolute atomic E-state index is 13.1. The third-order valence-corrected chi connectivity index (χ3v) is 3.75. The van der Waals surface area contributed by atoms with Crippen LogP contribution in [0.1, 0.15) is 0 Å². The smallest absolute Gasteiger partial charge is 0.322 e. The van der Waals surface area contributed by atoms with Crippen LogP contribution in [-0.4, -0.2) is 30.4 Å². The Labute approximate surface area is 148 Å². The summed E-state index contributed by atoms with van der Waals surface area (Å²) in [6.45, 7) is -0.193. The standard InChI is InChI=1S/C16H14Cl2FN3O2/c1-22(16(24)21-11-4-2-3-10(19)7-11)9-15(23)20-12-5-6-13(17)14(18)8-12/h2-8H,9H2,1H3,(H,20,23)(H,21,24). The van der Waals surface area contributed by atoms with Crippen LogP contribution in [0.3, 0.4) is 0 Å². The molecule has 0 fully saturated rings. The number of anilines is 2. The topological polar surface area (TPSA) is 61.4 Å². The van der Waals surface area contributed by atoms with Gasteiger partial charge < -0.3 is 15.5 Å². The lowest BCUT2D eigenvalue weighted by atomic mass is 10.3. The number of halogens is 3. The SMILES string of the molecule is CN(CC(=O)Nc1ccc(Cl)c(Cl)c1)C(=O)Nc1cccc(F)c1. The van der Waals surface area contributed by atoms with Crippen LogP contribution in [-0.2, 0) is 4.79 Å². The number of amides is 3. The van der Waals surface area contributed by atoms with Crippen molar-refractivity contribution < 1.29 is 14.0 Å². The van der Waals surface area contributed by atoms with E-state index in [1.54, 1.807) is 18.2 Å². The molecule has 0 atom stereocenters. The van der Waals surface area contributed by atoms with Crippen molar-refractivity contribution in [2.45, 2.75) is 0 Å². The van der Waals surface area contributed by atoms with Crippen molar-refractivity contribution in [3.8, 4) is 0 Å². The Bertz CT molecular complexity index is 771. The number of hydrogen-bond acceptors (Lipinski definition) is 2. The van der Waals surface area contributed by atoms with Crippen LogP contribution in [0.25, 0.3) is 0 Å². The second-order valence-electron chi connectivity index (χ2n) is 4.97. The Balaban J connectivity index is 1.90. The third-order valence-electron chi connectivity index (χ3n) is 3.01. The van der Waals surface area contributed by atoms with Crippen molar-refractivity contribution in [3.05, 3.63) is 58.3 Å². The van der Waals surface area contributed by atoms with Gasteiger partial charge >= 0.3 is 6.03 Å². The van der Waals surface area contributed by atoms with Gasteiger partial charge in [0.25, 0.3) is 0 Å². The molecule has 0 aliphatic rings. The number of rotatable bonds is 4. The van der Waals surface area contributed by atoms with E-state index in [4.69, 9.17) is 23.2 Å². The van der Waals surface area contributed by atoms with Gasteiger partial charge in [0.05, 0.1) is 10.0 Å². The number of nitrogens with one attached hydrogen (secondary N) is 2. The zero-order chi connectivity index (χ0) is 17.7. The number of urea groups is 1. The lowest BCUT2D eigenvalue weighted by molar-refractivity contribution is -0.116. The third kappa shape index (κ3) is 5.11. The van der Waals surface area contributed by atoms with E-state index < -0.39 is 17.8 Å². The first-order chi connectivity index (χ1) is 11.3. The fourth-order valence-corrected chi connectivity index (χ4v) is 2.14. The minimum atomic E-state index is -0.537. The van der Waals surface area contributed by atoms with Crippen molar-refractivity contribution in [1.82, 2.24) is 4.90 Å². The number of likely N-dealkylation sites (N-methyl/N-ethyl adjacent to an activating group) is 1. The molecule has 0 radical (unpaired) electrons. The van der Waals surface area contributed by atoms with Gasteiger partial charge in [0.2, 0.25) is 5.91 Å². The van der Waals surface area contributed by atoms with Crippen LogP contribution in [0.2, 0.25) is 10.0 Å². The van der Waals surface area contributed by atoms with Crippen molar-refractivity contribution in [2.75, 3.05) is 24.2 Å². The summed E-state index contributed by atoms with van der Waals surface area (Å²) in [5, 5.41) is 5.79. The predicted octanol–water partition coefficient (Wildman–Crippen LogP) is 4.23. The van der Waals surface area contributed by atoms with E-state index in [1.807, 2.05) is 0 Å². The average Bonchev–Trinajstić information content (AvgIpc) is 2.50. The summed E-state index contributed by atoms with van der Waals surface area (Å²) >= 11 is 11.7. The minimum absolute atomic E-state index is 0.193. The predicted molar refractivity (Wildman–Crippen MR) is 93.1 cm³/mol. The Morgan fingerprint density at radius 2 is 1.75 bits per heavy atom. The molecule has 8 heteroatoms. The fraction of sp³-hybridized carbons (Fsp3) is 0.125. The van der Waals surface area contributed by atoms with Gasteiger partial charge in [-0.2, -0.15) is 0 Å². The van der Waals surface area contributed by atoms with E-state index in [9.17, 15) is 14.0 Å². The molecule has 0 saturated heterocycles. The van der Waals surface area contributed by atoms with E-state index in [2.05, 4.69) is 10.6 Å². The maximum Gasteiger partial charge on any atom is 0.322 e. The summed E-state index contributed by atoms with van der Waals surface area (Å²) in [5.74, 6) is -0.877. The highest BCUT2D eigenvalue weighted by Gasteiger charge is 2.14. The lowest BCUT2D eigenvalue weighted by Crippen LogP contribution is -2.37. The van der Waals surface area contributed by atoms with Crippen LogP contribution >= 0.6 is 23.2 Å². The molecule has 0 spiro atoms. The van der Waals surface area contributed by atoms with Crippen LogP contribution in [0.15, 0.2) is 42.5 Å². The van der Waals surface area contributed by atoms with Gasteiger partial charge in [-0.05, 0) is 36.4 Å². The van der Waals surface area contributed by atoms with E-state index in [0.717, 1.165) is 4.90 Å². The second kappa shape index (κ2) is 7.99. The van der Waals surface area contributed by atoms with Gasteiger partial charge in [-0.25, -0.2) is 9.18 Å². The average molecular weight is 370 g/mol. The molecule has 2 N–H and O–H groups in total. The van der Waals surface area contributed by atoms with Gasteiger partial charge in [0, 0.05) is 18.4 Å². The fourth-order valence-electron chi connectivity index (χ4n) is 1.85. The molecular weight excluding hydrogens is 356 g/mol. The van der Waals surface area contributed by atoms with Gasteiger partial charge in [-0.1, -0.05) is 29.3 Å². The quantitative estimate of drug-likeness (QED) is 0.846. The van der Waals surface area contributed by atoms with E-state index >= 15 is 0 Å². The largest absolute Gasteiger partial charge is 0.324 e. The molecule has 0 heterocycles. The summed E-state index contributed by atoms with van der Waals surface area (Å²) in [6, 6.07) is 9.59. The van der Waals surface area contributed by atoms with E-state index in [-0.39, 0.29) is 6.54 Å². The molecule has 2 aromatic carbocycles. The molecule has 24 heavy (non-hydrogen) atoms. The first-order valence-electron chi connectivity index (χ1n) is 6.88. The minimum Gasteiger partial charge on any atom is -0.324 e. The van der Waals surface area contributed by atoms with Gasteiger partial charge in [-0.3, -0.25) is 4.79 Å². The summed E-state index contributed by atoms with van der Waals surface area (Å²) in [4.78, 5) is 25.1. The van der Waals surface area contributed by atoms with Crippen LogP contribution in [0.5, 0.6) is 0 Å². The molecule has 2 aromatic rings. The van der Waals surface area contributed by atoms with Crippen LogP contribution in [0.4, 0.5) is 20.6 Å². The molecule has 0 aliphatic heterocycles. The summed E-state index contributed by atoms with van der Waals surface area (Å²) in [6.07, 6.45) is 0. The Kier molecular flexibility index (Phi) is 6.00. The van der Waals surface area contributed by atoms with E-state index in [1.165, 1.54) is 31.3 Å². The molecule has 5 nitrogen and oxygen atoms in total. The monoisotopic (exact) mass is 369 g/mol. The summed E-state index contributed by atoms with van der Waals surface area (Å²) in [5.41, 5.74) is 0.769. The van der Waals surface area contributed by atoms with Crippen molar-refractivity contribution in [1.29, 1.82) is 0 Å². The zero-order valence-corrected chi connectivity index (χ0v) is 14.2. The van der Waals surface area contributed by atoms with Crippen molar-refractivity contribution in [3.63, 3.8) is 0 Å². The maximum atomic E-state index is 13.1. The summed E-state index contributed by atoms with van der Waals surface area (Å²) < 4.78 is 13.1. The number of hydrogen-bond donors (Lipinski definition) is 2.